The zero-order valence-corrected chi connectivity index (χ0v) is 43.8. The zero-order valence-electron chi connectivity index (χ0n) is 43.8. The van der Waals surface area contributed by atoms with Gasteiger partial charge in [-0.05, 0) is 131 Å². The van der Waals surface area contributed by atoms with Crippen LogP contribution in [0.3, 0.4) is 0 Å². The summed E-state index contributed by atoms with van der Waals surface area (Å²) < 4.78 is 11.5. The minimum Gasteiger partial charge on any atom is -0.456 e. The van der Waals surface area contributed by atoms with E-state index in [1.807, 2.05) is 66.7 Å². The largest absolute Gasteiger partial charge is 0.456 e. The van der Waals surface area contributed by atoms with Crippen LogP contribution in [-0.2, 0) is 0 Å². The second kappa shape index (κ2) is 22.5. The number of rotatable bonds is 8. The minimum absolute atomic E-state index is 0. The highest BCUT2D eigenvalue weighted by molar-refractivity contribution is 6.30. The summed E-state index contributed by atoms with van der Waals surface area (Å²) in [5.74, 6) is 0.832. The summed E-state index contributed by atoms with van der Waals surface area (Å²) in [6, 6.07) is 106. The average molecular weight is 1030 g/mol. The van der Waals surface area contributed by atoms with Gasteiger partial charge in [0.1, 0.15) is 11.3 Å². The van der Waals surface area contributed by atoms with Crippen LogP contribution in [0.1, 0.15) is 11.1 Å². The molecule has 0 unspecified atom stereocenters. The van der Waals surface area contributed by atoms with Gasteiger partial charge in [-0.3, -0.25) is 0 Å². The van der Waals surface area contributed by atoms with E-state index in [-0.39, 0.29) is 5.48 Å². The Morgan fingerprint density at radius 2 is 0.775 bits per heavy atom. The number of nitrogen functional groups attached to an aromatic ring is 1. The van der Waals surface area contributed by atoms with Crippen LogP contribution in [0, 0.1) is 0 Å². The molecule has 15 aromatic rings. The van der Waals surface area contributed by atoms with Crippen LogP contribution in [0.2, 0.25) is 0 Å². The van der Waals surface area contributed by atoms with Crippen LogP contribution >= 0.6 is 0 Å². The van der Waals surface area contributed by atoms with E-state index >= 15 is 0 Å². The molecule has 0 atom stereocenters. The SMILES string of the molecule is C(=C\c1ccc2c3c4ccc5c(c4ccc3n(-c3ccccc3)c2c1)c1ccc(-c2cc3cc(N(c4ccccc4)c4ccccc4)ccc3o2)cc1n5-c1ccccc1)/c1ccccc1.Nc1ccccc1.O.c1ccccc1. The van der Waals surface area contributed by atoms with E-state index in [1.165, 1.54) is 48.9 Å². The van der Waals surface area contributed by atoms with E-state index in [9.17, 15) is 0 Å². The molecule has 0 fully saturated rings. The Morgan fingerprint density at radius 1 is 0.338 bits per heavy atom. The molecule has 3 aromatic heterocycles. The monoisotopic (exact) mass is 1030 g/mol. The third-order valence-electron chi connectivity index (χ3n) is 14.5. The van der Waals surface area contributed by atoms with Crippen molar-refractivity contribution in [2.75, 3.05) is 10.6 Å². The van der Waals surface area contributed by atoms with Crippen molar-refractivity contribution in [3.63, 3.8) is 0 Å². The molecule has 0 aliphatic carbocycles. The molecule has 0 saturated carbocycles. The summed E-state index contributed by atoms with van der Waals surface area (Å²) in [5, 5.41) is 8.42. The highest BCUT2D eigenvalue weighted by atomic mass is 16.3. The lowest BCUT2D eigenvalue weighted by atomic mass is 9.98. The quantitative estimate of drug-likeness (QED) is 0.122. The molecular weight excluding hydrogens is 977 g/mol. The predicted molar refractivity (Wildman–Crippen MR) is 339 cm³/mol. The molecule has 0 radical (unpaired) electrons. The Morgan fingerprint density at radius 3 is 1.29 bits per heavy atom. The number of nitrogens with two attached hydrogens (primary N) is 1. The molecule has 384 valence electrons. The van der Waals surface area contributed by atoms with Crippen LogP contribution in [-0.4, -0.2) is 14.6 Å². The van der Waals surface area contributed by atoms with Crippen LogP contribution in [0.4, 0.5) is 22.7 Å². The first-order chi connectivity index (χ1) is 39.1. The smallest absolute Gasteiger partial charge is 0.135 e. The molecule has 0 bridgehead atoms. The molecule has 0 aliphatic rings. The number of hydrogen-bond donors (Lipinski definition) is 1. The molecule has 15 rings (SSSR count). The van der Waals surface area contributed by atoms with Gasteiger partial charge in [-0.1, -0.05) is 206 Å². The highest BCUT2D eigenvalue weighted by Crippen LogP contribution is 2.44. The number of anilines is 4. The molecule has 6 heteroatoms. The topological polar surface area (TPSA) is 83.8 Å². The van der Waals surface area contributed by atoms with E-state index in [0.29, 0.717) is 0 Å². The molecule has 12 aromatic carbocycles. The van der Waals surface area contributed by atoms with E-state index in [2.05, 4.69) is 263 Å². The zero-order chi connectivity index (χ0) is 52.9. The van der Waals surface area contributed by atoms with E-state index < -0.39 is 0 Å². The Hall–Kier alpha value is -10.7. The first kappa shape index (κ1) is 50.2. The van der Waals surface area contributed by atoms with Crippen LogP contribution in [0.15, 0.2) is 308 Å². The fourth-order valence-electron chi connectivity index (χ4n) is 10.9. The summed E-state index contributed by atoms with van der Waals surface area (Å²) in [6.45, 7) is 0. The number of benzene rings is 12. The van der Waals surface area contributed by atoms with Gasteiger partial charge in [0.15, 0.2) is 0 Å². The molecule has 3 heterocycles. The fourth-order valence-corrected chi connectivity index (χ4v) is 10.9. The molecule has 6 nitrogen and oxygen atoms in total. The lowest BCUT2D eigenvalue weighted by Gasteiger charge is -2.25. The molecule has 0 spiro atoms. The van der Waals surface area contributed by atoms with Gasteiger partial charge < -0.3 is 29.7 Å². The third kappa shape index (κ3) is 9.86. The van der Waals surface area contributed by atoms with Gasteiger partial charge in [0.2, 0.25) is 0 Å². The molecule has 0 saturated heterocycles. The fraction of sp³-hybridized carbons (Fsp3) is 0. The summed E-state index contributed by atoms with van der Waals surface area (Å²) in [6.07, 6.45) is 4.40. The number of aromatic nitrogens is 2. The van der Waals surface area contributed by atoms with Gasteiger partial charge in [0, 0.05) is 66.6 Å². The first-order valence-corrected chi connectivity index (χ1v) is 26.7. The summed E-state index contributed by atoms with van der Waals surface area (Å²) in [4.78, 5) is 2.29. The summed E-state index contributed by atoms with van der Waals surface area (Å²) in [5.41, 5.74) is 20.6. The second-order valence-electron chi connectivity index (χ2n) is 19.5. The summed E-state index contributed by atoms with van der Waals surface area (Å²) >= 11 is 0. The molecular formula is C74H56N4O2. The van der Waals surface area contributed by atoms with Crippen molar-refractivity contribution in [3.8, 4) is 22.7 Å². The van der Waals surface area contributed by atoms with Gasteiger partial charge in [-0.25, -0.2) is 0 Å². The Kier molecular flexibility index (Phi) is 14.1. The first-order valence-electron chi connectivity index (χ1n) is 26.7. The van der Waals surface area contributed by atoms with E-state index in [1.54, 1.807) is 0 Å². The van der Waals surface area contributed by atoms with Crippen molar-refractivity contribution in [1.82, 2.24) is 9.13 Å². The standard InChI is InChI=1S/C62H41N3O.C6H7N.C6H6.H2O/c1-6-16-42(17-7-1)26-27-43-28-31-53-57(38-43)64(48-22-12-4-13-23-48)55-35-33-52-51(61(53)55)34-36-56-62(52)54-32-29-44(40-58(54)65(56)49-24-14-5-15-25-49)60-41-45-39-50(30-37-59(45)66-60)63(46-18-8-2-9-19-46)47-20-10-3-11-21-47;7-6-4-2-1-3-5-6;1-2-4-6-5-3-1;/h1-41H;1-5H,7H2;1-6H;1H2/b27-26+;;;. The Labute approximate surface area is 464 Å². The maximum Gasteiger partial charge on any atom is 0.135 e. The highest BCUT2D eigenvalue weighted by Gasteiger charge is 2.21. The van der Waals surface area contributed by atoms with E-state index in [0.717, 1.165) is 73.0 Å². The Bertz CT molecular complexity index is 4510. The van der Waals surface area contributed by atoms with Crippen LogP contribution in [0.25, 0.3) is 100 Å². The molecule has 80 heavy (non-hydrogen) atoms. The molecule has 0 amide bonds. The number of furan rings is 1. The van der Waals surface area contributed by atoms with Gasteiger partial charge in [0.25, 0.3) is 0 Å². The lowest BCUT2D eigenvalue weighted by Crippen LogP contribution is -2.09. The van der Waals surface area contributed by atoms with Gasteiger partial charge in [0.05, 0.1) is 22.1 Å². The number of fused-ring (bicyclic) bond motifs is 10. The van der Waals surface area contributed by atoms with Gasteiger partial charge in [-0.15, -0.1) is 0 Å². The van der Waals surface area contributed by atoms with Crippen molar-refractivity contribution in [2.45, 2.75) is 0 Å². The number of nitrogens with zero attached hydrogens (tertiary/aromatic N) is 3. The number of para-hydroxylation sites is 5. The van der Waals surface area contributed by atoms with E-state index in [4.69, 9.17) is 10.2 Å². The second-order valence-corrected chi connectivity index (χ2v) is 19.5. The van der Waals surface area contributed by atoms with Crippen molar-refractivity contribution >= 4 is 100 Å². The summed E-state index contributed by atoms with van der Waals surface area (Å²) in [7, 11) is 0. The molecule has 0 aliphatic heterocycles. The predicted octanol–water partition coefficient (Wildman–Crippen LogP) is 19.2. The van der Waals surface area contributed by atoms with Gasteiger partial charge in [-0.2, -0.15) is 0 Å². The van der Waals surface area contributed by atoms with Crippen LogP contribution < -0.4 is 10.6 Å². The number of hydrogen-bond acceptors (Lipinski definition) is 3. The lowest BCUT2D eigenvalue weighted by molar-refractivity contribution is 0.631. The van der Waals surface area contributed by atoms with Crippen molar-refractivity contribution in [1.29, 1.82) is 0 Å². The maximum absolute atomic E-state index is 6.68. The van der Waals surface area contributed by atoms with Gasteiger partial charge >= 0.3 is 0 Å². The minimum atomic E-state index is 0. The normalized spacial score (nSPS) is 11.2. The maximum atomic E-state index is 6.68. The van der Waals surface area contributed by atoms with Crippen LogP contribution in [0.5, 0.6) is 0 Å². The third-order valence-corrected chi connectivity index (χ3v) is 14.5. The van der Waals surface area contributed by atoms with Crippen molar-refractivity contribution in [2.24, 2.45) is 0 Å². The molecule has 4 N–H and O–H groups in total. The van der Waals surface area contributed by atoms with Crippen molar-refractivity contribution in [3.05, 3.63) is 314 Å². The Balaban J connectivity index is 0.000000402. The van der Waals surface area contributed by atoms with Crippen molar-refractivity contribution < 1.29 is 9.89 Å². The average Bonchev–Trinajstić information content (AvgIpc) is 4.40.